The van der Waals surface area contributed by atoms with Crippen LogP contribution in [-0.2, 0) is 20.7 Å². The molecule has 5 nitrogen and oxygen atoms in total. The first kappa shape index (κ1) is 17.4. The van der Waals surface area contributed by atoms with Crippen LogP contribution < -0.4 is 5.32 Å². The molecule has 4 aliphatic rings. The van der Waals surface area contributed by atoms with Crippen molar-refractivity contribution < 1.29 is 19.4 Å². The molecule has 0 aliphatic heterocycles. The summed E-state index contributed by atoms with van der Waals surface area (Å²) in [7, 11) is 0. The fraction of sp³-hybridized carbons (Fsp3) is 0.619. The summed E-state index contributed by atoms with van der Waals surface area (Å²) < 4.78 is 5.10. The third kappa shape index (κ3) is 3.87. The average molecular weight is 357 g/mol. The molecule has 4 bridgehead atoms. The number of carbonyl (C=O) groups is 2. The van der Waals surface area contributed by atoms with Gasteiger partial charge in [-0.3, -0.25) is 9.59 Å². The Morgan fingerprint density at radius 1 is 1.04 bits per heavy atom. The average Bonchev–Trinajstić information content (AvgIpc) is 2.59. The maximum atomic E-state index is 12.1. The number of esters is 1. The van der Waals surface area contributed by atoms with E-state index in [9.17, 15) is 14.7 Å². The first-order valence-electron chi connectivity index (χ1n) is 9.70. The zero-order valence-electron chi connectivity index (χ0n) is 15.1. The third-order valence-corrected chi connectivity index (χ3v) is 6.47. The first-order valence-corrected chi connectivity index (χ1v) is 9.70. The van der Waals surface area contributed by atoms with E-state index in [0.717, 1.165) is 29.9 Å². The van der Waals surface area contributed by atoms with Gasteiger partial charge >= 0.3 is 5.97 Å². The van der Waals surface area contributed by atoms with Crippen LogP contribution in [0.1, 0.15) is 44.1 Å². The van der Waals surface area contributed by atoms with Crippen molar-refractivity contribution in [2.75, 3.05) is 13.2 Å². The van der Waals surface area contributed by atoms with Gasteiger partial charge in [0.1, 0.15) is 5.75 Å². The summed E-state index contributed by atoms with van der Waals surface area (Å²) in [6, 6.07) is 6.40. The molecule has 140 valence electrons. The van der Waals surface area contributed by atoms with Crippen LogP contribution in [0.4, 0.5) is 0 Å². The van der Waals surface area contributed by atoms with Crippen LogP contribution in [0.2, 0.25) is 0 Å². The molecule has 4 saturated carbocycles. The van der Waals surface area contributed by atoms with E-state index in [4.69, 9.17) is 4.74 Å². The van der Waals surface area contributed by atoms with Gasteiger partial charge in [-0.1, -0.05) is 12.1 Å². The Kier molecular flexibility index (Phi) is 4.63. The number of hydrogen-bond acceptors (Lipinski definition) is 4. The monoisotopic (exact) mass is 357 g/mol. The van der Waals surface area contributed by atoms with Gasteiger partial charge in [0, 0.05) is 6.54 Å². The number of phenolic OH excluding ortho intramolecular Hbond substituents is 1. The molecule has 4 fully saturated rings. The Morgan fingerprint density at radius 2 is 1.62 bits per heavy atom. The molecule has 5 rings (SSSR count). The molecule has 0 spiro atoms. The van der Waals surface area contributed by atoms with Gasteiger partial charge < -0.3 is 15.2 Å². The zero-order chi connectivity index (χ0) is 18.1. The second-order valence-electron chi connectivity index (χ2n) is 8.70. The SMILES string of the molecule is O=C(COC(=O)Cc1ccc(O)cc1)NCC12CC3CC(CC(C3)C1)C2. The van der Waals surface area contributed by atoms with Crippen molar-refractivity contribution in [3.63, 3.8) is 0 Å². The third-order valence-electron chi connectivity index (χ3n) is 6.47. The molecule has 0 atom stereocenters. The van der Waals surface area contributed by atoms with E-state index in [1.165, 1.54) is 50.7 Å². The number of carbonyl (C=O) groups excluding carboxylic acids is 2. The fourth-order valence-corrected chi connectivity index (χ4v) is 5.82. The number of aromatic hydroxyl groups is 1. The summed E-state index contributed by atoms with van der Waals surface area (Å²) in [6.07, 6.45) is 8.02. The predicted octanol–water partition coefficient (Wildman–Crippen LogP) is 2.81. The minimum absolute atomic E-state index is 0.0997. The van der Waals surface area contributed by atoms with Crippen LogP contribution in [-0.4, -0.2) is 30.1 Å². The summed E-state index contributed by atoms with van der Waals surface area (Å²) in [4.78, 5) is 24.0. The van der Waals surface area contributed by atoms with Crippen molar-refractivity contribution in [1.82, 2.24) is 5.32 Å². The second-order valence-corrected chi connectivity index (χ2v) is 8.70. The molecule has 26 heavy (non-hydrogen) atoms. The van der Waals surface area contributed by atoms with E-state index in [-0.39, 0.29) is 24.7 Å². The molecule has 0 aromatic heterocycles. The summed E-state index contributed by atoms with van der Waals surface area (Å²) in [5.41, 5.74) is 1.04. The highest BCUT2D eigenvalue weighted by Crippen LogP contribution is 2.59. The predicted molar refractivity (Wildman–Crippen MR) is 96.4 cm³/mol. The highest BCUT2D eigenvalue weighted by atomic mass is 16.5. The number of nitrogens with one attached hydrogen (secondary N) is 1. The van der Waals surface area contributed by atoms with Gasteiger partial charge in [0.2, 0.25) is 0 Å². The minimum Gasteiger partial charge on any atom is -0.508 e. The van der Waals surface area contributed by atoms with Crippen LogP contribution >= 0.6 is 0 Å². The van der Waals surface area contributed by atoms with Gasteiger partial charge in [0.15, 0.2) is 6.61 Å². The minimum atomic E-state index is -0.430. The van der Waals surface area contributed by atoms with E-state index in [2.05, 4.69) is 5.32 Å². The van der Waals surface area contributed by atoms with Crippen LogP contribution in [0.5, 0.6) is 5.75 Å². The topological polar surface area (TPSA) is 75.6 Å². The van der Waals surface area contributed by atoms with Crippen molar-refractivity contribution in [3.05, 3.63) is 29.8 Å². The molecule has 0 heterocycles. The summed E-state index contributed by atoms with van der Waals surface area (Å²) in [5.74, 6) is 2.11. The smallest absolute Gasteiger partial charge is 0.310 e. The maximum Gasteiger partial charge on any atom is 0.310 e. The van der Waals surface area contributed by atoms with Gasteiger partial charge in [-0.2, -0.15) is 0 Å². The second kappa shape index (κ2) is 6.93. The van der Waals surface area contributed by atoms with Crippen molar-refractivity contribution in [2.24, 2.45) is 23.2 Å². The molecular weight excluding hydrogens is 330 g/mol. The quantitative estimate of drug-likeness (QED) is 0.768. The maximum absolute atomic E-state index is 12.1. The molecular formula is C21H27NO4. The van der Waals surface area contributed by atoms with Crippen LogP contribution in [0.3, 0.4) is 0 Å². The van der Waals surface area contributed by atoms with Crippen molar-refractivity contribution >= 4 is 11.9 Å². The highest BCUT2D eigenvalue weighted by molar-refractivity contribution is 5.81. The zero-order valence-corrected chi connectivity index (χ0v) is 15.1. The molecule has 1 aromatic carbocycles. The van der Waals surface area contributed by atoms with Gasteiger partial charge in [-0.15, -0.1) is 0 Å². The van der Waals surface area contributed by atoms with Crippen molar-refractivity contribution in [1.29, 1.82) is 0 Å². The van der Waals surface area contributed by atoms with E-state index in [0.29, 0.717) is 5.41 Å². The molecule has 1 amide bonds. The lowest BCUT2D eigenvalue weighted by Crippen LogP contribution is -2.51. The van der Waals surface area contributed by atoms with Crippen molar-refractivity contribution in [3.8, 4) is 5.75 Å². The van der Waals surface area contributed by atoms with Gasteiger partial charge in [0.25, 0.3) is 5.91 Å². The summed E-state index contributed by atoms with van der Waals surface area (Å²) in [6.45, 7) is 0.508. The molecule has 0 saturated heterocycles. The molecule has 2 N–H and O–H groups in total. The normalized spacial score (nSPS) is 31.6. The lowest BCUT2D eigenvalue weighted by atomic mass is 9.49. The van der Waals surface area contributed by atoms with Crippen LogP contribution in [0.25, 0.3) is 0 Å². The van der Waals surface area contributed by atoms with E-state index >= 15 is 0 Å². The van der Waals surface area contributed by atoms with E-state index < -0.39 is 5.97 Å². The summed E-state index contributed by atoms with van der Waals surface area (Å²) >= 11 is 0. The Morgan fingerprint density at radius 3 is 2.19 bits per heavy atom. The van der Waals surface area contributed by atoms with E-state index in [1.807, 2.05) is 0 Å². The Balaban J connectivity index is 1.21. The lowest BCUT2D eigenvalue weighted by Gasteiger charge is -2.56. The molecule has 5 heteroatoms. The molecule has 1 aromatic rings. The largest absolute Gasteiger partial charge is 0.508 e. The molecule has 0 radical (unpaired) electrons. The molecule has 4 aliphatic carbocycles. The number of phenols is 1. The van der Waals surface area contributed by atoms with Gasteiger partial charge in [-0.05, 0) is 79.4 Å². The number of amides is 1. The van der Waals surface area contributed by atoms with Crippen molar-refractivity contribution in [2.45, 2.75) is 44.9 Å². The Bertz CT molecular complexity index is 646. The number of benzene rings is 1. The summed E-state index contributed by atoms with van der Waals surface area (Å²) in [5, 5.41) is 12.3. The number of hydrogen-bond donors (Lipinski definition) is 2. The fourth-order valence-electron chi connectivity index (χ4n) is 5.82. The standard InChI is InChI=1S/C21H27NO4/c23-18-3-1-14(2-4-18)8-20(25)26-12-19(24)22-13-21-9-15-5-16(10-21)7-17(6-15)11-21/h1-4,15-17,23H,5-13H2,(H,22,24). The molecule has 0 unspecified atom stereocenters. The number of ether oxygens (including phenoxy) is 1. The van der Waals surface area contributed by atoms with E-state index in [1.54, 1.807) is 12.1 Å². The van der Waals surface area contributed by atoms with Crippen LogP contribution in [0, 0.1) is 23.2 Å². The first-order chi connectivity index (χ1) is 12.5. The highest BCUT2D eigenvalue weighted by Gasteiger charge is 2.50. The number of rotatable bonds is 6. The Labute approximate surface area is 154 Å². The lowest BCUT2D eigenvalue weighted by molar-refractivity contribution is -0.148. The van der Waals surface area contributed by atoms with Crippen LogP contribution in [0.15, 0.2) is 24.3 Å². The Hall–Kier alpha value is -2.04. The van der Waals surface area contributed by atoms with Gasteiger partial charge in [0.05, 0.1) is 6.42 Å². The van der Waals surface area contributed by atoms with Gasteiger partial charge in [-0.25, -0.2) is 0 Å².